The second-order valence-electron chi connectivity index (χ2n) is 4.04. The lowest BCUT2D eigenvalue weighted by atomic mass is 10.0. The Balaban J connectivity index is 2.59. The third-order valence-corrected chi connectivity index (χ3v) is 2.93. The predicted molar refractivity (Wildman–Crippen MR) is 56.7 cm³/mol. The van der Waals surface area contributed by atoms with E-state index in [1.165, 1.54) is 19.2 Å². The van der Waals surface area contributed by atoms with Crippen LogP contribution >= 0.6 is 0 Å². The fourth-order valence-electron chi connectivity index (χ4n) is 1.99. The number of rotatable bonds is 3. The molecule has 1 aromatic rings. The largest absolute Gasteiger partial charge is 0.496 e. The minimum Gasteiger partial charge on any atom is -0.496 e. The molecule has 0 spiro atoms. The van der Waals surface area contributed by atoms with E-state index >= 15 is 0 Å². The first-order valence-corrected chi connectivity index (χ1v) is 5.06. The van der Waals surface area contributed by atoms with Crippen molar-refractivity contribution in [3.8, 4) is 5.75 Å². The molecule has 0 aliphatic heterocycles. The van der Waals surface area contributed by atoms with Gasteiger partial charge in [0.1, 0.15) is 17.1 Å². The molecule has 2 rings (SSSR count). The van der Waals surface area contributed by atoms with Crippen LogP contribution in [0.15, 0.2) is 17.1 Å². The summed E-state index contributed by atoms with van der Waals surface area (Å²) in [6.45, 7) is 1.77. The lowest BCUT2D eigenvalue weighted by molar-refractivity contribution is 0.399. The molecule has 4 heteroatoms. The fraction of sp³-hybridized carbons (Fsp3) is 0.417. The zero-order chi connectivity index (χ0) is 11.8. The quantitative estimate of drug-likeness (QED) is 0.581. The molecule has 84 valence electrons. The Morgan fingerprint density at radius 1 is 1.50 bits per heavy atom. The molecule has 3 nitrogen and oxygen atoms in total. The van der Waals surface area contributed by atoms with Gasteiger partial charge in [-0.1, -0.05) is 0 Å². The Morgan fingerprint density at radius 3 is 2.69 bits per heavy atom. The molecule has 1 aromatic carbocycles. The van der Waals surface area contributed by atoms with E-state index in [4.69, 9.17) is 4.74 Å². The Kier molecular flexibility index (Phi) is 2.52. The van der Waals surface area contributed by atoms with Gasteiger partial charge in [-0.2, -0.15) is 4.99 Å². The van der Waals surface area contributed by atoms with Gasteiger partial charge < -0.3 is 4.74 Å². The van der Waals surface area contributed by atoms with Gasteiger partial charge in [0.25, 0.3) is 0 Å². The first kappa shape index (κ1) is 10.8. The van der Waals surface area contributed by atoms with Crippen LogP contribution in [0.4, 0.5) is 4.39 Å². The van der Waals surface area contributed by atoms with Crippen LogP contribution in [0.25, 0.3) is 0 Å². The van der Waals surface area contributed by atoms with Crippen LogP contribution < -0.4 is 4.74 Å². The molecule has 1 aliphatic rings. The molecule has 0 unspecified atom stereocenters. The van der Waals surface area contributed by atoms with Crippen molar-refractivity contribution >= 4 is 6.08 Å². The number of ether oxygens (including phenoxy) is 1. The van der Waals surface area contributed by atoms with Gasteiger partial charge in [-0.05, 0) is 37.5 Å². The van der Waals surface area contributed by atoms with Crippen LogP contribution in [0, 0.1) is 12.7 Å². The second kappa shape index (κ2) is 3.72. The molecule has 0 N–H and O–H groups in total. The number of benzene rings is 1. The zero-order valence-corrected chi connectivity index (χ0v) is 9.21. The number of halogens is 1. The van der Waals surface area contributed by atoms with E-state index in [9.17, 15) is 9.18 Å². The Hall–Kier alpha value is -1.67. The van der Waals surface area contributed by atoms with Crippen molar-refractivity contribution in [1.29, 1.82) is 0 Å². The van der Waals surface area contributed by atoms with Gasteiger partial charge in [-0.3, -0.25) is 0 Å². The Labute approximate surface area is 93.0 Å². The molecule has 0 saturated heterocycles. The second-order valence-corrected chi connectivity index (χ2v) is 4.04. The molecule has 0 radical (unpaired) electrons. The van der Waals surface area contributed by atoms with Crippen LogP contribution in [0.1, 0.15) is 24.0 Å². The maximum Gasteiger partial charge on any atom is 0.235 e. The lowest BCUT2D eigenvalue weighted by Crippen LogP contribution is -2.07. The van der Waals surface area contributed by atoms with Crippen molar-refractivity contribution in [2.24, 2.45) is 4.99 Å². The van der Waals surface area contributed by atoms with E-state index < -0.39 is 5.54 Å². The minimum absolute atomic E-state index is 0.333. The number of aliphatic imine (C=N–C) groups is 1. The summed E-state index contributed by atoms with van der Waals surface area (Å²) >= 11 is 0. The molecule has 1 saturated carbocycles. The third kappa shape index (κ3) is 1.61. The predicted octanol–water partition coefficient (Wildman–Crippen LogP) is 2.47. The summed E-state index contributed by atoms with van der Waals surface area (Å²) < 4.78 is 18.6. The molecular weight excluding hydrogens is 209 g/mol. The van der Waals surface area contributed by atoms with Crippen LogP contribution in [0.2, 0.25) is 0 Å². The molecule has 16 heavy (non-hydrogen) atoms. The summed E-state index contributed by atoms with van der Waals surface area (Å²) in [5, 5.41) is 0. The molecular formula is C12H12FNO2. The third-order valence-electron chi connectivity index (χ3n) is 2.93. The topological polar surface area (TPSA) is 38.7 Å². The van der Waals surface area contributed by atoms with E-state index in [0.717, 1.165) is 12.8 Å². The fourth-order valence-corrected chi connectivity index (χ4v) is 1.99. The highest BCUT2D eigenvalue weighted by atomic mass is 19.1. The van der Waals surface area contributed by atoms with Crippen LogP contribution in [0.5, 0.6) is 5.75 Å². The standard InChI is InChI=1S/C12H12FNO2/c1-8-5-9(13)6-10(11(8)16-2)12(3-4-12)14-7-15/h5-6H,3-4H2,1-2H3. The Bertz CT molecular complexity index is 474. The summed E-state index contributed by atoms with van der Waals surface area (Å²) in [6.07, 6.45) is 3.03. The summed E-state index contributed by atoms with van der Waals surface area (Å²) in [6, 6.07) is 2.79. The smallest absolute Gasteiger partial charge is 0.235 e. The maximum atomic E-state index is 13.3. The first-order chi connectivity index (χ1) is 7.63. The van der Waals surface area contributed by atoms with Gasteiger partial charge in [-0.25, -0.2) is 9.18 Å². The van der Waals surface area contributed by atoms with Gasteiger partial charge >= 0.3 is 0 Å². The molecule has 0 bridgehead atoms. The summed E-state index contributed by atoms with van der Waals surface area (Å²) in [5.41, 5.74) is 0.765. The van der Waals surface area contributed by atoms with Crippen molar-refractivity contribution in [2.45, 2.75) is 25.3 Å². The number of methoxy groups -OCH3 is 1. The molecule has 0 aromatic heterocycles. The first-order valence-electron chi connectivity index (χ1n) is 5.06. The monoisotopic (exact) mass is 221 g/mol. The molecule has 0 atom stereocenters. The van der Waals surface area contributed by atoms with Gasteiger partial charge in [0.05, 0.1) is 7.11 Å². The molecule has 1 aliphatic carbocycles. The van der Waals surface area contributed by atoms with Crippen molar-refractivity contribution in [3.05, 3.63) is 29.1 Å². The number of isocyanates is 1. The Morgan fingerprint density at radius 2 is 2.19 bits per heavy atom. The van der Waals surface area contributed by atoms with Crippen LogP contribution in [-0.4, -0.2) is 13.2 Å². The number of carbonyl (C=O) groups excluding carboxylic acids is 1. The highest BCUT2D eigenvalue weighted by molar-refractivity contribution is 5.50. The number of nitrogens with zero attached hydrogens (tertiary/aromatic N) is 1. The van der Waals surface area contributed by atoms with E-state index in [-0.39, 0.29) is 5.82 Å². The number of aryl methyl sites for hydroxylation is 1. The summed E-state index contributed by atoms with van der Waals surface area (Å²) in [4.78, 5) is 14.2. The molecule has 1 fully saturated rings. The van der Waals surface area contributed by atoms with Crippen LogP contribution in [-0.2, 0) is 10.3 Å². The lowest BCUT2D eigenvalue weighted by Gasteiger charge is -2.15. The van der Waals surface area contributed by atoms with E-state index in [1.54, 1.807) is 13.0 Å². The normalized spacial score (nSPS) is 16.4. The van der Waals surface area contributed by atoms with Crippen molar-refractivity contribution in [1.82, 2.24) is 0 Å². The average molecular weight is 221 g/mol. The average Bonchev–Trinajstić information content (AvgIpc) is 2.98. The van der Waals surface area contributed by atoms with E-state index in [2.05, 4.69) is 4.99 Å². The molecule has 0 heterocycles. The van der Waals surface area contributed by atoms with Gasteiger partial charge in [-0.15, -0.1) is 0 Å². The summed E-state index contributed by atoms with van der Waals surface area (Å²) in [5.74, 6) is 0.276. The maximum absolute atomic E-state index is 13.3. The number of hydrogen-bond acceptors (Lipinski definition) is 3. The summed E-state index contributed by atoms with van der Waals surface area (Å²) in [7, 11) is 1.53. The zero-order valence-electron chi connectivity index (χ0n) is 9.21. The van der Waals surface area contributed by atoms with Crippen molar-refractivity contribution in [3.63, 3.8) is 0 Å². The van der Waals surface area contributed by atoms with Gasteiger partial charge in [0.2, 0.25) is 6.08 Å². The van der Waals surface area contributed by atoms with E-state index in [1.807, 2.05) is 0 Å². The van der Waals surface area contributed by atoms with Gasteiger partial charge in [0, 0.05) is 5.56 Å². The van der Waals surface area contributed by atoms with Gasteiger partial charge in [0.15, 0.2) is 0 Å². The number of hydrogen-bond donors (Lipinski definition) is 0. The highest BCUT2D eigenvalue weighted by Crippen LogP contribution is 2.52. The minimum atomic E-state index is -0.597. The van der Waals surface area contributed by atoms with E-state index in [0.29, 0.717) is 16.9 Å². The molecule has 0 amide bonds. The SMILES string of the molecule is COc1c(C)cc(F)cc1C1(N=C=O)CC1. The van der Waals surface area contributed by atoms with Crippen molar-refractivity contribution in [2.75, 3.05) is 7.11 Å². The highest BCUT2D eigenvalue weighted by Gasteiger charge is 2.47. The van der Waals surface area contributed by atoms with Crippen molar-refractivity contribution < 1.29 is 13.9 Å². The van der Waals surface area contributed by atoms with Crippen LogP contribution in [0.3, 0.4) is 0 Å².